The predicted molar refractivity (Wildman–Crippen MR) is 245 cm³/mol. The first-order valence-electron chi connectivity index (χ1n) is 19.6. The van der Waals surface area contributed by atoms with Gasteiger partial charge in [-0.15, -0.1) is 11.3 Å². The zero-order chi connectivity index (χ0) is 38.2. The van der Waals surface area contributed by atoms with Crippen LogP contribution in [0.5, 0.6) is 0 Å². The maximum atomic E-state index is 6.44. The fourth-order valence-corrected chi connectivity index (χ4v) is 9.97. The molecule has 3 nitrogen and oxygen atoms in total. The molecule has 0 saturated heterocycles. The van der Waals surface area contributed by atoms with E-state index in [2.05, 4.69) is 181 Å². The lowest BCUT2D eigenvalue weighted by Crippen LogP contribution is -2.10. The van der Waals surface area contributed by atoms with Gasteiger partial charge in [0.05, 0.1) is 10.4 Å². The Bertz CT molecular complexity index is 3340. The summed E-state index contributed by atoms with van der Waals surface area (Å²) in [6.45, 7) is 0. The molecule has 0 fully saturated rings. The van der Waals surface area contributed by atoms with Gasteiger partial charge in [0.2, 0.25) is 0 Å². The van der Waals surface area contributed by atoms with Crippen LogP contribution < -0.4 is 4.90 Å². The minimum Gasteiger partial charge on any atom is -0.455 e. The van der Waals surface area contributed by atoms with E-state index in [9.17, 15) is 0 Å². The van der Waals surface area contributed by atoms with Crippen molar-refractivity contribution in [3.63, 3.8) is 0 Å². The molecule has 0 aliphatic carbocycles. The Morgan fingerprint density at radius 1 is 0.345 bits per heavy atom. The van der Waals surface area contributed by atoms with Crippen molar-refractivity contribution >= 4 is 92.4 Å². The summed E-state index contributed by atoms with van der Waals surface area (Å²) in [6.07, 6.45) is 0. The highest BCUT2D eigenvalue weighted by molar-refractivity contribution is 7.26. The molecule has 0 spiro atoms. The summed E-state index contributed by atoms with van der Waals surface area (Å²) in [5.41, 5.74) is 13.7. The van der Waals surface area contributed by atoms with Crippen molar-refractivity contribution in [3.05, 3.63) is 200 Å². The van der Waals surface area contributed by atoms with Crippen molar-refractivity contribution in [3.8, 4) is 33.4 Å². The maximum Gasteiger partial charge on any atom is 0.143 e. The Balaban J connectivity index is 1.01. The zero-order valence-electron chi connectivity index (χ0n) is 31.2. The van der Waals surface area contributed by atoms with Gasteiger partial charge in [-0.05, 0) is 70.8 Å². The van der Waals surface area contributed by atoms with Gasteiger partial charge in [0.1, 0.15) is 22.3 Å². The smallest absolute Gasteiger partial charge is 0.143 e. The molecule has 0 radical (unpaired) electrons. The van der Waals surface area contributed by atoms with E-state index in [4.69, 9.17) is 8.83 Å². The summed E-state index contributed by atoms with van der Waals surface area (Å²) in [5, 5.41) is 7.05. The molecule has 58 heavy (non-hydrogen) atoms. The number of para-hydroxylation sites is 4. The lowest BCUT2D eigenvalue weighted by molar-refractivity contribution is 0.669. The van der Waals surface area contributed by atoms with Crippen LogP contribution in [0, 0.1) is 0 Å². The molecule has 12 aromatic rings. The number of hydrogen-bond donors (Lipinski definition) is 0. The highest BCUT2D eigenvalue weighted by atomic mass is 32.1. The minimum absolute atomic E-state index is 0.903. The van der Waals surface area contributed by atoms with E-state index in [0.29, 0.717) is 0 Å². The average Bonchev–Trinajstić information content (AvgIpc) is 3.99. The Kier molecular flexibility index (Phi) is 7.40. The standard InChI is InChI=1S/C54H33NO2S/c1-2-11-34(12-3-1)37-27-32-44-47-19-10-20-48(54(47)58-51(44)33-37)55(38-28-23-35(24-29-38)40-15-8-17-45-42-13-4-6-21-49(42)56-52(40)45)39-30-25-36(26-31-39)41-16-9-18-46-43-14-5-7-22-50(43)57-53(41)46/h1-33H. The second kappa shape index (κ2) is 13.1. The quantitative estimate of drug-likeness (QED) is 0.169. The van der Waals surface area contributed by atoms with Gasteiger partial charge in [0.15, 0.2) is 0 Å². The Labute approximate surface area is 338 Å². The number of thiophene rings is 1. The van der Waals surface area contributed by atoms with Crippen LogP contribution in [0.4, 0.5) is 17.1 Å². The summed E-state index contributed by atoms with van der Waals surface area (Å²) in [4.78, 5) is 2.40. The largest absolute Gasteiger partial charge is 0.455 e. The van der Waals surface area contributed by atoms with E-state index < -0.39 is 0 Å². The Morgan fingerprint density at radius 2 is 0.845 bits per heavy atom. The number of anilines is 3. The van der Waals surface area contributed by atoms with Crippen LogP contribution in [0.1, 0.15) is 0 Å². The second-order valence-electron chi connectivity index (χ2n) is 14.8. The molecule has 0 aliphatic rings. The van der Waals surface area contributed by atoms with Gasteiger partial charge in [-0.1, -0.05) is 152 Å². The van der Waals surface area contributed by atoms with Gasteiger partial charge >= 0.3 is 0 Å². The number of nitrogens with zero attached hydrogens (tertiary/aromatic N) is 1. The van der Waals surface area contributed by atoms with Crippen LogP contribution in [-0.4, -0.2) is 0 Å². The Morgan fingerprint density at radius 3 is 1.45 bits per heavy atom. The van der Waals surface area contributed by atoms with E-state index >= 15 is 0 Å². The van der Waals surface area contributed by atoms with Crippen LogP contribution in [0.25, 0.3) is 97.4 Å². The van der Waals surface area contributed by atoms with Crippen LogP contribution in [-0.2, 0) is 0 Å². The Hall–Kier alpha value is -7.40. The summed E-state index contributed by atoms with van der Waals surface area (Å²) in [7, 11) is 0. The molecule has 9 aromatic carbocycles. The molecule has 4 heteroatoms. The number of hydrogen-bond acceptors (Lipinski definition) is 4. The molecular weight excluding hydrogens is 727 g/mol. The van der Waals surface area contributed by atoms with E-state index in [1.165, 1.54) is 31.3 Å². The third-order valence-electron chi connectivity index (χ3n) is 11.5. The third kappa shape index (κ3) is 5.19. The molecule has 0 amide bonds. The van der Waals surface area contributed by atoms with Gasteiger partial charge in [0.25, 0.3) is 0 Å². The average molecular weight is 760 g/mol. The van der Waals surface area contributed by atoms with Crippen molar-refractivity contribution < 1.29 is 8.83 Å². The van der Waals surface area contributed by atoms with Crippen molar-refractivity contribution in [1.82, 2.24) is 0 Å². The topological polar surface area (TPSA) is 29.5 Å². The summed E-state index contributed by atoms with van der Waals surface area (Å²) in [6, 6.07) is 71.4. The number of furan rings is 2. The number of benzene rings is 9. The van der Waals surface area contributed by atoms with Gasteiger partial charge < -0.3 is 13.7 Å². The molecular formula is C54H33NO2S. The van der Waals surface area contributed by atoms with Crippen molar-refractivity contribution in [2.45, 2.75) is 0 Å². The van der Waals surface area contributed by atoms with Gasteiger partial charge in [-0.3, -0.25) is 0 Å². The molecule has 272 valence electrons. The monoisotopic (exact) mass is 759 g/mol. The molecule has 0 bridgehead atoms. The summed E-state index contributed by atoms with van der Waals surface area (Å²) >= 11 is 1.86. The fourth-order valence-electron chi connectivity index (χ4n) is 8.73. The number of fused-ring (bicyclic) bond motifs is 9. The van der Waals surface area contributed by atoms with E-state index in [1.54, 1.807) is 0 Å². The first kappa shape index (κ1) is 32.8. The minimum atomic E-state index is 0.903. The summed E-state index contributed by atoms with van der Waals surface area (Å²) < 4.78 is 15.4. The van der Waals surface area contributed by atoms with E-state index in [1.807, 2.05) is 35.6 Å². The van der Waals surface area contributed by atoms with Crippen molar-refractivity contribution in [1.29, 1.82) is 0 Å². The predicted octanol–water partition coefficient (Wildman–Crippen LogP) is 16.3. The number of rotatable bonds is 6. The fraction of sp³-hybridized carbons (Fsp3) is 0. The lowest BCUT2D eigenvalue weighted by atomic mass is 10.0. The van der Waals surface area contributed by atoms with Gasteiger partial charge in [0, 0.05) is 59.5 Å². The first-order valence-corrected chi connectivity index (χ1v) is 20.4. The van der Waals surface area contributed by atoms with E-state index in [-0.39, 0.29) is 0 Å². The molecule has 12 rings (SSSR count). The third-order valence-corrected chi connectivity index (χ3v) is 12.7. The SMILES string of the molecule is c1ccc(-c2ccc3c(c2)sc2c(N(c4ccc(-c5cccc6c5oc5ccccc56)cc4)c4ccc(-c5cccc6c5oc5ccccc56)cc4)cccc23)cc1. The highest BCUT2D eigenvalue weighted by Gasteiger charge is 2.20. The molecule has 0 saturated carbocycles. The van der Waals surface area contributed by atoms with E-state index in [0.717, 1.165) is 83.2 Å². The van der Waals surface area contributed by atoms with Crippen LogP contribution in [0.3, 0.4) is 0 Å². The maximum absolute atomic E-state index is 6.44. The molecule has 3 aromatic heterocycles. The zero-order valence-corrected chi connectivity index (χ0v) is 32.0. The molecule has 3 heterocycles. The highest BCUT2D eigenvalue weighted by Crippen LogP contribution is 2.47. The molecule has 0 N–H and O–H groups in total. The first-order chi connectivity index (χ1) is 28.7. The summed E-state index contributed by atoms with van der Waals surface area (Å²) in [5.74, 6) is 0. The normalized spacial score (nSPS) is 11.8. The molecule has 0 atom stereocenters. The lowest BCUT2D eigenvalue weighted by Gasteiger charge is -2.26. The second-order valence-corrected chi connectivity index (χ2v) is 15.9. The van der Waals surface area contributed by atoms with Crippen LogP contribution >= 0.6 is 11.3 Å². The van der Waals surface area contributed by atoms with Gasteiger partial charge in [-0.25, -0.2) is 0 Å². The van der Waals surface area contributed by atoms with Gasteiger partial charge in [-0.2, -0.15) is 0 Å². The van der Waals surface area contributed by atoms with Crippen molar-refractivity contribution in [2.24, 2.45) is 0 Å². The van der Waals surface area contributed by atoms with Crippen LogP contribution in [0.2, 0.25) is 0 Å². The molecule has 0 unspecified atom stereocenters. The molecule has 0 aliphatic heterocycles. The van der Waals surface area contributed by atoms with Crippen molar-refractivity contribution in [2.75, 3.05) is 4.90 Å². The van der Waals surface area contributed by atoms with Crippen LogP contribution in [0.15, 0.2) is 209 Å².